The number of aromatic nitrogens is 3. The predicted molar refractivity (Wildman–Crippen MR) is 135 cm³/mol. The molecule has 2 unspecified atom stereocenters. The second kappa shape index (κ2) is 9.03. The summed E-state index contributed by atoms with van der Waals surface area (Å²) in [5.74, 6) is 0.194. The number of benzene rings is 1. The van der Waals surface area contributed by atoms with E-state index in [-0.39, 0.29) is 35.6 Å². The predicted octanol–water partition coefficient (Wildman–Crippen LogP) is 3.39. The number of aromatic amines is 1. The van der Waals surface area contributed by atoms with Gasteiger partial charge in [0.05, 0.1) is 28.4 Å². The molecular weight excluding hydrogens is 480 g/mol. The second-order valence-electron chi connectivity index (χ2n) is 10.2. The maximum Gasteiger partial charge on any atom is 0.261 e. The number of H-pyrrole nitrogens is 1. The van der Waals surface area contributed by atoms with Gasteiger partial charge < -0.3 is 15.4 Å². The first-order chi connectivity index (χ1) is 17.2. The summed E-state index contributed by atoms with van der Waals surface area (Å²) in [5.41, 5.74) is 0.890. The molecule has 36 heavy (non-hydrogen) atoms. The third kappa shape index (κ3) is 3.99. The first kappa shape index (κ1) is 24.5. The van der Waals surface area contributed by atoms with Gasteiger partial charge in [-0.15, -0.1) is 0 Å². The molecule has 0 bridgehead atoms. The van der Waals surface area contributed by atoms with Gasteiger partial charge in [-0.05, 0) is 62.9 Å². The first-order valence-corrected chi connectivity index (χ1v) is 13.6. The number of hydrogen-bond donors (Lipinski definition) is 3. The van der Waals surface area contributed by atoms with Crippen LogP contribution < -0.4 is 10.9 Å². The van der Waals surface area contributed by atoms with Crippen LogP contribution in [-0.4, -0.2) is 44.7 Å². The van der Waals surface area contributed by atoms with E-state index in [0.717, 1.165) is 25.7 Å². The number of anilines is 2. The molecule has 5 rings (SSSR count). The molecule has 0 amide bonds. The SMILES string of the molecule is CC(C)(CCO)N1Cc2cc(Nc3nn(C4CCCCC4C#N)c4cc[nH]c(=O)c34)ccc2S1(=O)=O. The standard InChI is InChI=1S/C25H30N6O4S/c1-25(2,10-12-32)30-15-17-13-18(7-8-21(17)36(30,34)35)28-23-22-20(9-11-27-24(22)33)31(29-23)19-6-4-3-5-16(19)14-26/h7-9,11,13,16,19,32H,3-6,10,12,15H2,1-2H3,(H,27,33)(H,28,29). The number of rotatable bonds is 6. The molecule has 1 saturated carbocycles. The number of hydrogen-bond acceptors (Lipinski definition) is 7. The summed E-state index contributed by atoms with van der Waals surface area (Å²) in [7, 11) is -3.69. The van der Waals surface area contributed by atoms with Crippen LogP contribution in [0.25, 0.3) is 10.9 Å². The van der Waals surface area contributed by atoms with Crippen LogP contribution in [0.2, 0.25) is 0 Å². The minimum Gasteiger partial charge on any atom is -0.396 e. The average Bonchev–Trinajstić information content (AvgIpc) is 3.34. The highest BCUT2D eigenvalue weighted by Crippen LogP contribution is 2.40. The molecule has 3 aromatic rings. The quantitative estimate of drug-likeness (QED) is 0.461. The second-order valence-corrected chi connectivity index (χ2v) is 12.0. The van der Waals surface area contributed by atoms with Gasteiger partial charge in [0, 0.05) is 30.6 Å². The van der Waals surface area contributed by atoms with Gasteiger partial charge in [-0.2, -0.15) is 14.7 Å². The van der Waals surface area contributed by atoms with Crippen molar-refractivity contribution in [2.24, 2.45) is 5.92 Å². The van der Waals surface area contributed by atoms with Crippen molar-refractivity contribution in [3.63, 3.8) is 0 Å². The van der Waals surface area contributed by atoms with Crippen LogP contribution in [-0.2, 0) is 16.6 Å². The van der Waals surface area contributed by atoms with Crippen molar-refractivity contribution in [3.05, 3.63) is 46.4 Å². The summed E-state index contributed by atoms with van der Waals surface area (Å²) >= 11 is 0. The highest BCUT2D eigenvalue weighted by Gasteiger charge is 2.43. The highest BCUT2D eigenvalue weighted by atomic mass is 32.2. The summed E-state index contributed by atoms with van der Waals surface area (Å²) in [6, 6.07) is 9.09. The van der Waals surface area contributed by atoms with Gasteiger partial charge >= 0.3 is 0 Å². The van der Waals surface area contributed by atoms with Crippen molar-refractivity contribution in [1.82, 2.24) is 19.1 Å². The first-order valence-electron chi connectivity index (χ1n) is 12.2. The van der Waals surface area contributed by atoms with E-state index in [2.05, 4.69) is 16.4 Å². The molecule has 190 valence electrons. The molecule has 2 aliphatic rings. The van der Waals surface area contributed by atoms with Crippen molar-refractivity contribution in [3.8, 4) is 6.07 Å². The molecule has 3 N–H and O–H groups in total. The number of fused-ring (bicyclic) bond motifs is 2. The number of pyridine rings is 1. The molecule has 10 nitrogen and oxygen atoms in total. The van der Waals surface area contributed by atoms with E-state index in [4.69, 9.17) is 5.10 Å². The van der Waals surface area contributed by atoms with Crippen LogP contribution in [0.15, 0.2) is 40.2 Å². The Bertz CT molecular complexity index is 1520. The van der Waals surface area contributed by atoms with Crippen LogP contribution in [0.3, 0.4) is 0 Å². The number of aliphatic hydroxyl groups is 1. The fourth-order valence-electron chi connectivity index (χ4n) is 5.46. The molecule has 0 spiro atoms. The van der Waals surface area contributed by atoms with Gasteiger partial charge in [0.15, 0.2) is 5.82 Å². The molecule has 1 aromatic carbocycles. The smallest absolute Gasteiger partial charge is 0.261 e. The van der Waals surface area contributed by atoms with Crippen LogP contribution >= 0.6 is 0 Å². The van der Waals surface area contributed by atoms with Crippen molar-refractivity contribution >= 4 is 32.4 Å². The van der Waals surface area contributed by atoms with Gasteiger partial charge in [0.25, 0.3) is 5.56 Å². The van der Waals surface area contributed by atoms with Gasteiger partial charge in [-0.1, -0.05) is 12.8 Å². The Morgan fingerprint density at radius 1 is 1.28 bits per heavy atom. The van der Waals surface area contributed by atoms with Crippen LogP contribution in [0.4, 0.5) is 11.5 Å². The van der Waals surface area contributed by atoms with Crippen molar-refractivity contribution < 1.29 is 13.5 Å². The minimum atomic E-state index is -3.69. The molecule has 2 aromatic heterocycles. The summed E-state index contributed by atoms with van der Waals surface area (Å²) in [4.78, 5) is 15.8. The van der Waals surface area contributed by atoms with Gasteiger partial charge in [-0.3, -0.25) is 9.48 Å². The van der Waals surface area contributed by atoms with E-state index in [1.165, 1.54) is 4.31 Å². The third-order valence-electron chi connectivity index (χ3n) is 7.44. The Morgan fingerprint density at radius 3 is 2.81 bits per heavy atom. The van der Waals surface area contributed by atoms with E-state index in [1.54, 1.807) is 49.0 Å². The number of aliphatic hydroxyl groups excluding tert-OH is 1. The number of nitriles is 1. The number of sulfonamides is 1. The molecule has 1 fully saturated rings. The Hall–Kier alpha value is -3.20. The lowest BCUT2D eigenvalue weighted by molar-refractivity contribution is 0.165. The summed E-state index contributed by atoms with van der Waals surface area (Å²) in [6.07, 6.45) is 5.53. The third-order valence-corrected chi connectivity index (χ3v) is 9.60. The number of nitrogens with one attached hydrogen (secondary N) is 2. The molecule has 0 radical (unpaired) electrons. The Labute approximate surface area is 209 Å². The normalized spacial score (nSPS) is 21.8. The van der Waals surface area contributed by atoms with E-state index >= 15 is 0 Å². The van der Waals surface area contributed by atoms with E-state index in [0.29, 0.717) is 34.4 Å². The van der Waals surface area contributed by atoms with Gasteiger partial charge in [-0.25, -0.2) is 8.42 Å². The maximum absolute atomic E-state index is 13.2. The van der Waals surface area contributed by atoms with Crippen molar-refractivity contribution in [2.45, 2.75) is 69.0 Å². The molecule has 3 heterocycles. The van der Waals surface area contributed by atoms with E-state index < -0.39 is 15.6 Å². The molecular formula is C25H30N6O4S. The van der Waals surface area contributed by atoms with Crippen molar-refractivity contribution in [1.29, 1.82) is 5.26 Å². The lowest BCUT2D eigenvalue weighted by Gasteiger charge is -2.33. The zero-order chi connectivity index (χ0) is 25.7. The van der Waals surface area contributed by atoms with Crippen molar-refractivity contribution in [2.75, 3.05) is 11.9 Å². The van der Waals surface area contributed by atoms with Crippen LogP contribution in [0.1, 0.15) is 57.6 Å². The zero-order valence-corrected chi connectivity index (χ0v) is 21.2. The zero-order valence-electron chi connectivity index (χ0n) is 20.4. The van der Waals surface area contributed by atoms with E-state index in [9.17, 15) is 23.6 Å². The molecule has 0 saturated heterocycles. The summed E-state index contributed by atoms with van der Waals surface area (Å²) in [6.45, 7) is 3.69. The lowest BCUT2D eigenvalue weighted by Crippen LogP contribution is -2.44. The molecule has 1 aliphatic carbocycles. The molecule has 11 heteroatoms. The Balaban J connectivity index is 1.52. The largest absolute Gasteiger partial charge is 0.396 e. The topological polar surface area (TPSA) is 144 Å². The highest BCUT2D eigenvalue weighted by molar-refractivity contribution is 7.89. The average molecular weight is 511 g/mol. The number of nitrogens with zero attached hydrogens (tertiary/aromatic N) is 4. The summed E-state index contributed by atoms with van der Waals surface area (Å²) in [5, 5.41) is 27.5. The fourth-order valence-corrected chi connectivity index (χ4v) is 7.44. The van der Waals surface area contributed by atoms with Crippen LogP contribution in [0, 0.1) is 17.2 Å². The Morgan fingerprint density at radius 2 is 2.06 bits per heavy atom. The van der Waals surface area contributed by atoms with Gasteiger partial charge in [0.1, 0.15) is 5.39 Å². The Kier molecular flexibility index (Phi) is 6.14. The fraction of sp³-hybridized carbons (Fsp3) is 0.480. The minimum absolute atomic E-state index is 0.111. The maximum atomic E-state index is 13.2. The van der Waals surface area contributed by atoms with Gasteiger partial charge in [0.2, 0.25) is 10.0 Å². The molecule has 2 atom stereocenters. The molecule has 1 aliphatic heterocycles. The summed E-state index contributed by atoms with van der Waals surface area (Å²) < 4.78 is 29.6. The van der Waals surface area contributed by atoms with Crippen LogP contribution in [0.5, 0.6) is 0 Å². The lowest BCUT2D eigenvalue weighted by atomic mass is 9.85. The van der Waals surface area contributed by atoms with E-state index in [1.807, 2.05) is 0 Å². The monoisotopic (exact) mass is 510 g/mol.